The van der Waals surface area contributed by atoms with E-state index in [0.717, 1.165) is 32.1 Å². The van der Waals surface area contributed by atoms with Crippen molar-refractivity contribution in [2.75, 3.05) is 0 Å². The van der Waals surface area contributed by atoms with Crippen LogP contribution in [0.4, 0.5) is 0 Å². The number of hydrogen-bond donors (Lipinski definition) is 2. The number of amides is 1. The molecule has 2 N–H and O–H groups in total. The fourth-order valence-corrected chi connectivity index (χ4v) is 3.43. The van der Waals surface area contributed by atoms with E-state index in [9.17, 15) is 4.79 Å². The summed E-state index contributed by atoms with van der Waals surface area (Å²) in [5, 5.41) is 6.70. The molecule has 4 atom stereocenters. The number of piperidine rings is 1. The van der Waals surface area contributed by atoms with Crippen molar-refractivity contribution < 1.29 is 9.53 Å². The van der Waals surface area contributed by atoms with Gasteiger partial charge in [-0.25, -0.2) is 0 Å². The molecule has 1 saturated carbocycles. The van der Waals surface area contributed by atoms with E-state index < -0.39 is 0 Å². The molecule has 1 aliphatic carbocycles. The van der Waals surface area contributed by atoms with Gasteiger partial charge in [0.1, 0.15) is 6.10 Å². The Morgan fingerprint density at radius 1 is 1.30 bits per heavy atom. The number of rotatable bonds is 5. The summed E-state index contributed by atoms with van der Waals surface area (Å²) in [6, 6.07) is 1.31. The minimum atomic E-state index is -0.343. The molecule has 4 unspecified atom stereocenters. The van der Waals surface area contributed by atoms with Gasteiger partial charge in [-0.3, -0.25) is 4.79 Å². The standard InChI is InChI=1S/C16H30N2O2/c1-4-14-15(10-9-11(2)17-14)20-12(3)16(19)18-13-7-5-6-8-13/h11-15,17H,4-10H2,1-3H3,(H,18,19). The summed E-state index contributed by atoms with van der Waals surface area (Å²) in [6.45, 7) is 6.28. The summed E-state index contributed by atoms with van der Waals surface area (Å²) in [7, 11) is 0. The first-order chi connectivity index (χ1) is 9.60. The van der Waals surface area contributed by atoms with Gasteiger partial charge in [0.25, 0.3) is 0 Å². The van der Waals surface area contributed by atoms with Crippen LogP contribution in [0.15, 0.2) is 0 Å². The molecule has 0 radical (unpaired) electrons. The summed E-state index contributed by atoms with van der Waals surface area (Å²) in [5.74, 6) is 0.0605. The summed E-state index contributed by atoms with van der Waals surface area (Å²) in [5.41, 5.74) is 0. The lowest BCUT2D eigenvalue weighted by atomic mass is 9.94. The molecule has 1 amide bonds. The number of carbonyl (C=O) groups is 1. The molecule has 2 fully saturated rings. The second-order valence-corrected chi connectivity index (χ2v) is 6.47. The summed E-state index contributed by atoms with van der Waals surface area (Å²) < 4.78 is 6.04. The topological polar surface area (TPSA) is 50.4 Å². The Labute approximate surface area is 123 Å². The van der Waals surface area contributed by atoms with Crippen molar-refractivity contribution in [2.45, 2.75) is 96.1 Å². The van der Waals surface area contributed by atoms with Gasteiger partial charge in [-0.2, -0.15) is 0 Å². The Balaban J connectivity index is 1.79. The number of nitrogens with one attached hydrogen (secondary N) is 2. The van der Waals surface area contributed by atoms with Crippen LogP contribution in [-0.2, 0) is 9.53 Å². The van der Waals surface area contributed by atoms with Crippen molar-refractivity contribution in [2.24, 2.45) is 0 Å². The van der Waals surface area contributed by atoms with Crippen LogP contribution in [0, 0.1) is 0 Å². The van der Waals surface area contributed by atoms with Crippen molar-refractivity contribution in [3.05, 3.63) is 0 Å². The average molecular weight is 282 g/mol. The monoisotopic (exact) mass is 282 g/mol. The third-order valence-corrected chi connectivity index (χ3v) is 4.72. The van der Waals surface area contributed by atoms with E-state index in [2.05, 4.69) is 24.5 Å². The smallest absolute Gasteiger partial charge is 0.249 e. The lowest BCUT2D eigenvalue weighted by Gasteiger charge is -2.37. The van der Waals surface area contributed by atoms with Gasteiger partial charge in [-0.05, 0) is 46.0 Å². The Morgan fingerprint density at radius 2 is 2.00 bits per heavy atom. The van der Waals surface area contributed by atoms with Crippen LogP contribution < -0.4 is 10.6 Å². The van der Waals surface area contributed by atoms with Gasteiger partial charge >= 0.3 is 0 Å². The van der Waals surface area contributed by atoms with E-state index in [1.807, 2.05) is 6.92 Å². The first kappa shape index (κ1) is 15.8. The SMILES string of the molecule is CCC1NC(C)CCC1OC(C)C(=O)NC1CCCC1. The van der Waals surface area contributed by atoms with Crippen LogP contribution in [0.3, 0.4) is 0 Å². The van der Waals surface area contributed by atoms with Crippen molar-refractivity contribution in [3.63, 3.8) is 0 Å². The highest BCUT2D eigenvalue weighted by Crippen LogP contribution is 2.21. The highest BCUT2D eigenvalue weighted by Gasteiger charge is 2.30. The molecular weight excluding hydrogens is 252 g/mol. The van der Waals surface area contributed by atoms with Gasteiger partial charge in [0.05, 0.1) is 6.10 Å². The van der Waals surface area contributed by atoms with Crippen LogP contribution in [0.2, 0.25) is 0 Å². The second kappa shape index (κ2) is 7.41. The molecule has 0 spiro atoms. The van der Waals surface area contributed by atoms with Crippen LogP contribution >= 0.6 is 0 Å². The van der Waals surface area contributed by atoms with Gasteiger partial charge in [0, 0.05) is 18.1 Å². The third kappa shape index (κ3) is 4.19. The molecule has 0 aromatic heterocycles. The Morgan fingerprint density at radius 3 is 2.65 bits per heavy atom. The van der Waals surface area contributed by atoms with Crippen LogP contribution in [0.25, 0.3) is 0 Å². The number of carbonyl (C=O) groups excluding carboxylic acids is 1. The molecule has 4 nitrogen and oxygen atoms in total. The fourth-order valence-electron chi connectivity index (χ4n) is 3.43. The maximum atomic E-state index is 12.2. The molecule has 2 aliphatic rings. The van der Waals surface area contributed by atoms with Crippen LogP contribution in [0.1, 0.15) is 65.7 Å². The molecule has 2 rings (SSSR count). The zero-order valence-corrected chi connectivity index (χ0v) is 13.2. The summed E-state index contributed by atoms with van der Waals surface area (Å²) >= 11 is 0. The normalized spacial score (nSPS) is 33.0. The average Bonchev–Trinajstić information content (AvgIpc) is 2.93. The van der Waals surface area contributed by atoms with Crippen molar-refractivity contribution >= 4 is 5.91 Å². The van der Waals surface area contributed by atoms with Crippen molar-refractivity contribution in [1.82, 2.24) is 10.6 Å². The van der Waals surface area contributed by atoms with E-state index in [0.29, 0.717) is 18.1 Å². The zero-order valence-electron chi connectivity index (χ0n) is 13.2. The fraction of sp³-hybridized carbons (Fsp3) is 0.938. The molecule has 0 bridgehead atoms. The quantitative estimate of drug-likeness (QED) is 0.814. The molecule has 0 aromatic carbocycles. The summed E-state index contributed by atoms with van der Waals surface area (Å²) in [6.07, 6.45) is 7.77. The number of ether oxygens (including phenoxy) is 1. The second-order valence-electron chi connectivity index (χ2n) is 6.47. The molecule has 1 heterocycles. The van der Waals surface area contributed by atoms with Gasteiger partial charge in [-0.15, -0.1) is 0 Å². The third-order valence-electron chi connectivity index (χ3n) is 4.72. The van der Waals surface area contributed by atoms with Crippen LogP contribution in [-0.4, -0.2) is 36.2 Å². The van der Waals surface area contributed by atoms with Crippen molar-refractivity contribution in [1.29, 1.82) is 0 Å². The molecular formula is C16H30N2O2. The zero-order chi connectivity index (χ0) is 14.5. The summed E-state index contributed by atoms with van der Waals surface area (Å²) in [4.78, 5) is 12.2. The highest BCUT2D eigenvalue weighted by molar-refractivity contribution is 5.80. The maximum Gasteiger partial charge on any atom is 0.249 e. The van der Waals surface area contributed by atoms with Crippen LogP contribution in [0.5, 0.6) is 0 Å². The minimum Gasteiger partial charge on any atom is -0.364 e. The molecule has 116 valence electrons. The molecule has 0 aromatic rings. The molecule has 4 heteroatoms. The Hall–Kier alpha value is -0.610. The Kier molecular flexibility index (Phi) is 5.85. The molecule has 20 heavy (non-hydrogen) atoms. The van der Waals surface area contributed by atoms with Gasteiger partial charge < -0.3 is 15.4 Å². The van der Waals surface area contributed by atoms with Crippen molar-refractivity contribution in [3.8, 4) is 0 Å². The molecule has 1 saturated heterocycles. The lowest BCUT2D eigenvalue weighted by Crippen LogP contribution is -2.52. The molecule has 1 aliphatic heterocycles. The first-order valence-corrected chi connectivity index (χ1v) is 8.32. The predicted octanol–water partition coefficient (Wildman–Crippen LogP) is 2.37. The van der Waals surface area contributed by atoms with E-state index in [4.69, 9.17) is 4.74 Å². The number of hydrogen-bond acceptors (Lipinski definition) is 3. The van der Waals surface area contributed by atoms with E-state index in [-0.39, 0.29) is 18.1 Å². The largest absolute Gasteiger partial charge is 0.364 e. The van der Waals surface area contributed by atoms with Gasteiger partial charge in [-0.1, -0.05) is 19.8 Å². The lowest BCUT2D eigenvalue weighted by molar-refractivity contribution is -0.138. The van der Waals surface area contributed by atoms with E-state index >= 15 is 0 Å². The minimum absolute atomic E-state index is 0.0605. The highest BCUT2D eigenvalue weighted by atomic mass is 16.5. The van der Waals surface area contributed by atoms with E-state index in [1.54, 1.807) is 0 Å². The van der Waals surface area contributed by atoms with Gasteiger partial charge in [0.15, 0.2) is 0 Å². The van der Waals surface area contributed by atoms with Gasteiger partial charge in [0.2, 0.25) is 5.91 Å². The predicted molar refractivity (Wildman–Crippen MR) is 80.6 cm³/mol. The Bertz CT molecular complexity index is 316. The van der Waals surface area contributed by atoms with E-state index in [1.165, 1.54) is 12.8 Å². The maximum absolute atomic E-state index is 12.2. The first-order valence-electron chi connectivity index (χ1n) is 8.32.